The third-order valence-electron chi connectivity index (χ3n) is 6.60. The number of anilines is 1. The highest BCUT2D eigenvalue weighted by molar-refractivity contribution is 7.97. The summed E-state index contributed by atoms with van der Waals surface area (Å²) in [6.07, 6.45) is 7.20. The molecule has 0 saturated heterocycles. The molecular weight excluding hydrogens is 560 g/mol. The molecule has 0 unspecified atom stereocenters. The monoisotopic (exact) mass is 583 g/mol. The number of hydrogen-bond donors (Lipinski definition) is 2. The molecule has 2 N–H and O–H groups in total. The molecule has 2 aromatic carbocycles. The Morgan fingerprint density at radius 2 is 1.57 bits per heavy atom. The lowest BCUT2D eigenvalue weighted by atomic mass is 9.85. The number of halogens is 6. The number of hydrogen-bond acceptors (Lipinski definition) is 5. The Hall–Kier alpha value is -3.58. The molecular formula is C27H23F6N3O3S. The molecule has 1 aliphatic carbocycles. The maximum Gasteiger partial charge on any atom is 0.335 e. The van der Waals surface area contributed by atoms with Crippen molar-refractivity contribution >= 4 is 29.5 Å². The van der Waals surface area contributed by atoms with Crippen LogP contribution in [0, 0.1) is 34.9 Å². The van der Waals surface area contributed by atoms with E-state index in [2.05, 4.69) is 9.71 Å². The van der Waals surface area contributed by atoms with Gasteiger partial charge in [0.15, 0.2) is 23.3 Å². The third-order valence-corrected chi connectivity index (χ3v) is 7.45. The second kappa shape index (κ2) is 12.7. The molecule has 212 valence electrons. The number of benzene rings is 2. The minimum absolute atomic E-state index is 0.00497. The van der Waals surface area contributed by atoms with Crippen LogP contribution in [0.25, 0.3) is 0 Å². The molecule has 6 nitrogen and oxygen atoms in total. The average molecular weight is 584 g/mol. The summed E-state index contributed by atoms with van der Waals surface area (Å²) in [6.45, 7) is -0.966. The Kier molecular flexibility index (Phi) is 9.36. The van der Waals surface area contributed by atoms with Gasteiger partial charge in [-0.05, 0) is 60.5 Å². The molecule has 0 bridgehead atoms. The van der Waals surface area contributed by atoms with E-state index < -0.39 is 58.2 Å². The Labute approximate surface area is 229 Å². The fourth-order valence-electron chi connectivity index (χ4n) is 4.48. The summed E-state index contributed by atoms with van der Waals surface area (Å²) in [5.41, 5.74) is 0.765. The molecule has 1 aliphatic rings. The molecule has 1 heterocycles. The summed E-state index contributed by atoms with van der Waals surface area (Å²) >= 11 is 0.00497. The predicted octanol–water partition coefficient (Wildman–Crippen LogP) is 6.49. The Morgan fingerprint density at radius 3 is 2.15 bits per heavy atom. The molecule has 0 radical (unpaired) electrons. The highest BCUT2D eigenvalue weighted by Crippen LogP contribution is 2.33. The topological polar surface area (TPSA) is 82.5 Å². The number of carboxylic acid groups (broad SMARTS) is 1. The van der Waals surface area contributed by atoms with Gasteiger partial charge in [0, 0.05) is 6.20 Å². The molecule has 13 heteroatoms. The molecule has 1 saturated carbocycles. The van der Waals surface area contributed by atoms with Gasteiger partial charge in [0.25, 0.3) is 0 Å². The number of carboxylic acids is 1. The summed E-state index contributed by atoms with van der Waals surface area (Å²) in [6, 6.07) is 6.48. The van der Waals surface area contributed by atoms with Crippen LogP contribution in [0.15, 0.2) is 41.4 Å². The summed E-state index contributed by atoms with van der Waals surface area (Å²) in [7, 11) is 0. The van der Waals surface area contributed by atoms with Gasteiger partial charge >= 0.3 is 5.97 Å². The standard InChI is InChI=1S/C27H23F6N3O3S/c28-18-10-15(27(38)39)7-9-19(18)36(13-17-8-6-16(11-34-17)14-4-2-1-3-5-14)20(37)12-35-40-26-24(32)22(30)21(29)23(31)25(26)33/h6-11,14,35H,1-5,12-13H2,(H,38,39). The van der Waals surface area contributed by atoms with Crippen LogP contribution in [0.3, 0.4) is 0 Å². The molecule has 0 aliphatic heterocycles. The van der Waals surface area contributed by atoms with E-state index in [1.165, 1.54) is 6.42 Å². The van der Waals surface area contributed by atoms with Crippen LogP contribution in [0.2, 0.25) is 0 Å². The average Bonchev–Trinajstić information content (AvgIpc) is 2.96. The zero-order valence-electron chi connectivity index (χ0n) is 20.8. The summed E-state index contributed by atoms with van der Waals surface area (Å²) in [5, 5.41) is 9.13. The van der Waals surface area contributed by atoms with E-state index in [-0.39, 0.29) is 29.7 Å². The van der Waals surface area contributed by atoms with Gasteiger partial charge in [-0.1, -0.05) is 25.3 Å². The lowest BCUT2D eigenvalue weighted by Crippen LogP contribution is -2.37. The van der Waals surface area contributed by atoms with Crippen LogP contribution in [0.1, 0.15) is 59.6 Å². The summed E-state index contributed by atoms with van der Waals surface area (Å²) in [5.74, 6) is -13.6. The molecule has 3 aromatic rings. The van der Waals surface area contributed by atoms with Gasteiger partial charge in [0.2, 0.25) is 11.7 Å². The number of carbonyl (C=O) groups is 2. The lowest BCUT2D eigenvalue weighted by molar-refractivity contribution is -0.117. The zero-order valence-corrected chi connectivity index (χ0v) is 21.6. The van der Waals surface area contributed by atoms with E-state index in [1.54, 1.807) is 12.3 Å². The van der Waals surface area contributed by atoms with Gasteiger partial charge in [-0.3, -0.25) is 14.5 Å². The SMILES string of the molecule is O=C(O)c1ccc(N(Cc2ccc(C3CCCCC3)cn2)C(=O)CNSc2c(F)c(F)c(F)c(F)c2F)c(F)c1. The number of rotatable bonds is 9. The van der Waals surface area contributed by atoms with Crippen LogP contribution in [0.5, 0.6) is 0 Å². The molecule has 1 amide bonds. The molecule has 4 rings (SSSR count). The first kappa shape index (κ1) is 29.4. The van der Waals surface area contributed by atoms with E-state index in [9.17, 15) is 35.9 Å². The summed E-state index contributed by atoms with van der Waals surface area (Å²) in [4.78, 5) is 28.4. The van der Waals surface area contributed by atoms with Gasteiger partial charge in [-0.2, -0.15) is 0 Å². The van der Waals surface area contributed by atoms with E-state index >= 15 is 0 Å². The van der Waals surface area contributed by atoms with Crippen molar-refractivity contribution in [1.29, 1.82) is 0 Å². The van der Waals surface area contributed by atoms with Crippen molar-refractivity contribution < 1.29 is 41.0 Å². The van der Waals surface area contributed by atoms with Crippen molar-refractivity contribution in [3.63, 3.8) is 0 Å². The maximum atomic E-state index is 14.9. The third kappa shape index (κ3) is 6.41. The highest BCUT2D eigenvalue weighted by atomic mass is 32.2. The molecule has 1 aromatic heterocycles. The Morgan fingerprint density at radius 1 is 0.925 bits per heavy atom. The van der Waals surface area contributed by atoms with Gasteiger partial charge < -0.3 is 10.0 Å². The van der Waals surface area contributed by atoms with Crippen molar-refractivity contribution in [3.8, 4) is 0 Å². The number of aromatic nitrogens is 1. The number of pyridine rings is 1. The first-order valence-electron chi connectivity index (χ1n) is 12.3. The first-order valence-corrected chi connectivity index (χ1v) is 13.1. The van der Waals surface area contributed by atoms with Gasteiger partial charge in [-0.25, -0.2) is 31.1 Å². The predicted molar refractivity (Wildman–Crippen MR) is 135 cm³/mol. The van der Waals surface area contributed by atoms with E-state index in [4.69, 9.17) is 5.11 Å². The largest absolute Gasteiger partial charge is 0.478 e. The Balaban J connectivity index is 1.55. The van der Waals surface area contributed by atoms with Crippen LogP contribution in [0.4, 0.5) is 32.0 Å². The number of nitrogens with one attached hydrogen (secondary N) is 1. The molecule has 0 atom stereocenters. The van der Waals surface area contributed by atoms with Crippen molar-refractivity contribution in [2.45, 2.75) is 49.5 Å². The Bertz CT molecular complexity index is 1390. The van der Waals surface area contributed by atoms with Gasteiger partial charge in [-0.15, -0.1) is 0 Å². The zero-order chi connectivity index (χ0) is 29.0. The van der Waals surface area contributed by atoms with Crippen LogP contribution in [-0.2, 0) is 11.3 Å². The fourth-order valence-corrected chi connectivity index (χ4v) is 5.17. The molecule has 40 heavy (non-hydrogen) atoms. The second-order valence-electron chi connectivity index (χ2n) is 9.19. The number of nitrogens with zero attached hydrogens (tertiary/aromatic N) is 2. The minimum Gasteiger partial charge on any atom is -0.478 e. The van der Waals surface area contributed by atoms with E-state index in [0.717, 1.165) is 54.3 Å². The van der Waals surface area contributed by atoms with Crippen molar-refractivity contribution in [3.05, 3.63) is 88.3 Å². The minimum atomic E-state index is -2.32. The van der Waals surface area contributed by atoms with E-state index in [1.807, 2.05) is 6.07 Å². The van der Waals surface area contributed by atoms with E-state index in [0.29, 0.717) is 11.6 Å². The number of aromatic carboxylic acids is 1. The number of carbonyl (C=O) groups excluding carboxylic acids is 1. The highest BCUT2D eigenvalue weighted by Gasteiger charge is 2.27. The van der Waals surface area contributed by atoms with Gasteiger partial charge in [0.1, 0.15) is 10.7 Å². The second-order valence-corrected chi connectivity index (χ2v) is 10.1. The van der Waals surface area contributed by atoms with Crippen molar-refractivity contribution in [2.75, 3.05) is 11.4 Å². The summed E-state index contributed by atoms with van der Waals surface area (Å²) < 4.78 is 85.4. The van der Waals surface area contributed by atoms with Crippen LogP contribution >= 0.6 is 11.9 Å². The van der Waals surface area contributed by atoms with Crippen LogP contribution in [-0.4, -0.2) is 28.5 Å². The normalized spacial score (nSPS) is 13.8. The lowest BCUT2D eigenvalue weighted by Gasteiger charge is -2.24. The quantitative estimate of drug-likeness (QED) is 0.130. The maximum absolute atomic E-state index is 14.9. The number of amides is 1. The smallest absolute Gasteiger partial charge is 0.335 e. The van der Waals surface area contributed by atoms with Crippen molar-refractivity contribution in [2.24, 2.45) is 0 Å². The van der Waals surface area contributed by atoms with Crippen LogP contribution < -0.4 is 9.62 Å². The van der Waals surface area contributed by atoms with Gasteiger partial charge in [0.05, 0.1) is 30.0 Å². The first-order chi connectivity index (χ1) is 19.1. The fraction of sp³-hybridized carbons (Fsp3) is 0.296. The molecule has 0 spiro atoms. The molecule has 1 fully saturated rings. The van der Waals surface area contributed by atoms with Crippen molar-refractivity contribution in [1.82, 2.24) is 9.71 Å².